The molecule has 3 rings (SSSR count). The molecule has 98 valence electrons. The van der Waals surface area contributed by atoms with E-state index in [1.807, 2.05) is 12.1 Å². The number of nitriles is 1. The summed E-state index contributed by atoms with van der Waals surface area (Å²) in [7, 11) is 0. The summed E-state index contributed by atoms with van der Waals surface area (Å²) in [4.78, 5) is 11.9. The largest absolute Gasteiger partial charge is 0.420 e. The van der Waals surface area contributed by atoms with Gasteiger partial charge in [0.2, 0.25) is 0 Å². The van der Waals surface area contributed by atoms with Gasteiger partial charge >= 0.3 is 5.76 Å². The Hall–Kier alpha value is -3.00. The fourth-order valence-electron chi connectivity index (χ4n) is 2.10. The molecule has 1 heterocycles. The minimum atomic E-state index is -0.421. The average molecular weight is 265 g/mol. The van der Waals surface area contributed by atoms with E-state index in [0.29, 0.717) is 28.9 Å². The van der Waals surface area contributed by atoms with Gasteiger partial charge in [0.05, 0.1) is 23.7 Å². The lowest BCUT2D eigenvalue weighted by molar-refractivity contribution is 0.518. The molecule has 5 heteroatoms. The Morgan fingerprint density at radius 3 is 2.65 bits per heavy atom. The number of nitrogen functional groups attached to an aromatic ring is 1. The summed E-state index contributed by atoms with van der Waals surface area (Å²) >= 11 is 0. The van der Waals surface area contributed by atoms with Crippen molar-refractivity contribution in [2.45, 2.75) is 6.54 Å². The molecule has 2 aromatic carbocycles. The molecular weight excluding hydrogens is 254 g/mol. The van der Waals surface area contributed by atoms with Crippen molar-refractivity contribution in [3.05, 3.63) is 64.1 Å². The smallest absolute Gasteiger partial charge is 0.408 e. The van der Waals surface area contributed by atoms with Gasteiger partial charge in [-0.2, -0.15) is 5.26 Å². The van der Waals surface area contributed by atoms with Crippen molar-refractivity contribution in [2.75, 3.05) is 5.73 Å². The third-order valence-corrected chi connectivity index (χ3v) is 3.12. The third-order valence-electron chi connectivity index (χ3n) is 3.12. The van der Waals surface area contributed by atoms with Crippen molar-refractivity contribution in [3.8, 4) is 6.07 Å². The molecule has 0 saturated carbocycles. The minimum Gasteiger partial charge on any atom is -0.408 e. The van der Waals surface area contributed by atoms with Crippen LogP contribution in [0.3, 0.4) is 0 Å². The number of hydrogen-bond donors (Lipinski definition) is 1. The van der Waals surface area contributed by atoms with Gasteiger partial charge in [0.25, 0.3) is 0 Å². The normalized spacial score (nSPS) is 10.6. The molecule has 0 radical (unpaired) electrons. The van der Waals surface area contributed by atoms with Crippen LogP contribution in [0.25, 0.3) is 11.1 Å². The van der Waals surface area contributed by atoms with Gasteiger partial charge in [-0.3, -0.25) is 4.57 Å². The molecule has 0 unspecified atom stereocenters. The summed E-state index contributed by atoms with van der Waals surface area (Å²) in [6, 6.07) is 14.3. The zero-order valence-corrected chi connectivity index (χ0v) is 10.5. The SMILES string of the molecule is N#Cc1ccc(Cn2c(=O)oc3cc(N)ccc32)cc1. The van der Waals surface area contributed by atoms with E-state index in [1.54, 1.807) is 30.3 Å². The van der Waals surface area contributed by atoms with Crippen molar-refractivity contribution in [1.29, 1.82) is 5.26 Å². The number of nitrogens with two attached hydrogens (primary N) is 1. The van der Waals surface area contributed by atoms with Crippen molar-refractivity contribution in [2.24, 2.45) is 0 Å². The summed E-state index contributed by atoms with van der Waals surface area (Å²) in [5.74, 6) is -0.421. The Kier molecular flexibility index (Phi) is 2.77. The number of nitrogens with zero attached hydrogens (tertiary/aromatic N) is 2. The van der Waals surface area contributed by atoms with Crippen molar-refractivity contribution < 1.29 is 4.42 Å². The van der Waals surface area contributed by atoms with Crippen LogP contribution in [-0.2, 0) is 6.54 Å². The Labute approximate surface area is 114 Å². The maximum atomic E-state index is 11.9. The molecule has 0 aliphatic rings. The van der Waals surface area contributed by atoms with Gasteiger partial charge in [-0.1, -0.05) is 12.1 Å². The van der Waals surface area contributed by atoms with Crippen LogP contribution in [0.4, 0.5) is 5.69 Å². The molecule has 3 aromatic rings. The molecular formula is C15H11N3O2. The van der Waals surface area contributed by atoms with Crippen molar-refractivity contribution in [1.82, 2.24) is 4.57 Å². The highest BCUT2D eigenvalue weighted by Gasteiger charge is 2.09. The summed E-state index contributed by atoms with van der Waals surface area (Å²) in [5, 5.41) is 8.76. The van der Waals surface area contributed by atoms with E-state index in [2.05, 4.69) is 6.07 Å². The minimum absolute atomic E-state index is 0.390. The van der Waals surface area contributed by atoms with Gasteiger partial charge in [-0.05, 0) is 29.8 Å². The molecule has 0 spiro atoms. The number of oxazole rings is 1. The summed E-state index contributed by atoms with van der Waals surface area (Å²) < 4.78 is 6.71. The lowest BCUT2D eigenvalue weighted by Gasteiger charge is -2.03. The highest BCUT2D eigenvalue weighted by Crippen LogP contribution is 2.17. The zero-order valence-electron chi connectivity index (χ0n) is 10.5. The fraction of sp³-hybridized carbons (Fsp3) is 0.0667. The Morgan fingerprint density at radius 1 is 1.20 bits per heavy atom. The van der Waals surface area contributed by atoms with E-state index < -0.39 is 5.76 Å². The predicted molar refractivity (Wildman–Crippen MR) is 75.1 cm³/mol. The van der Waals surface area contributed by atoms with Gasteiger partial charge in [-0.15, -0.1) is 0 Å². The molecule has 0 amide bonds. The zero-order chi connectivity index (χ0) is 14.1. The maximum Gasteiger partial charge on any atom is 0.420 e. The van der Waals surface area contributed by atoms with Gasteiger partial charge in [-0.25, -0.2) is 4.79 Å². The topological polar surface area (TPSA) is 85.0 Å². The monoisotopic (exact) mass is 265 g/mol. The Balaban J connectivity index is 2.04. The van der Waals surface area contributed by atoms with E-state index in [-0.39, 0.29) is 0 Å². The first-order valence-corrected chi connectivity index (χ1v) is 6.05. The molecule has 0 saturated heterocycles. The van der Waals surface area contributed by atoms with Crippen LogP contribution in [-0.4, -0.2) is 4.57 Å². The number of aromatic nitrogens is 1. The average Bonchev–Trinajstić information content (AvgIpc) is 2.75. The lowest BCUT2D eigenvalue weighted by Crippen LogP contribution is -2.14. The number of rotatable bonds is 2. The standard InChI is InChI=1S/C15H11N3O2/c16-8-10-1-3-11(4-2-10)9-18-13-6-5-12(17)7-14(13)20-15(18)19/h1-7H,9,17H2. The first-order chi connectivity index (χ1) is 9.67. The lowest BCUT2D eigenvalue weighted by atomic mass is 10.1. The molecule has 1 aromatic heterocycles. The summed E-state index contributed by atoms with van der Waals surface area (Å²) in [6.07, 6.45) is 0. The number of hydrogen-bond acceptors (Lipinski definition) is 4. The third kappa shape index (κ3) is 2.04. The number of benzene rings is 2. The van der Waals surface area contributed by atoms with Gasteiger partial charge in [0.1, 0.15) is 0 Å². The van der Waals surface area contributed by atoms with Gasteiger partial charge in [0.15, 0.2) is 5.58 Å². The first kappa shape index (κ1) is 12.1. The van der Waals surface area contributed by atoms with Crippen molar-refractivity contribution >= 4 is 16.8 Å². The number of fused-ring (bicyclic) bond motifs is 1. The second-order valence-electron chi connectivity index (χ2n) is 4.49. The maximum absolute atomic E-state index is 11.9. The fourth-order valence-corrected chi connectivity index (χ4v) is 2.10. The molecule has 5 nitrogen and oxygen atoms in total. The predicted octanol–water partition coefficient (Wildman–Crippen LogP) is 2.10. The molecule has 0 bridgehead atoms. The second-order valence-corrected chi connectivity index (χ2v) is 4.49. The molecule has 0 fully saturated rings. The van der Waals surface area contributed by atoms with Crippen LogP contribution in [0, 0.1) is 11.3 Å². The van der Waals surface area contributed by atoms with E-state index in [4.69, 9.17) is 15.4 Å². The summed E-state index contributed by atoms with van der Waals surface area (Å²) in [6.45, 7) is 0.390. The van der Waals surface area contributed by atoms with Crippen LogP contribution < -0.4 is 11.5 Å². The quantitative estimate of drug-likeness (QED) is 0.719. The van der Waals surface area contributed by atoms with Crippen LogP contribution in [0.2, 0.25) is 0 Å². The Bertz CT molecular complexity index is 867. The van der Waals surface area contributed by atoms with E-state index in [0.717, 1.165) is 5.56 Å². The van der Waals surface area contributed by atoms with Gasteiger partial charge < -0.3 is 10.2 Å². The second kappa shape index (κ2) is 4.59. The highest BCUT2D eigenvalue weighted by molar-refractivity contribution is 5.76. The van der Waals surface area contributed by atoms with Crippen LogP contribution >= 0.6 is 0 Å². The molecule has 2 N–H and O–H groups in total. The molecule has 0 aliphatic heterocycles. The Morgan fingerprint density at radius 2 is 1.95 bits per heavy atom. The molecule has 20 heavy (non-hydrogen) atoms. The van der Waals surface area contributed by atoms with E-state index >= 15 is 0 Å². The first-order valence-electron chi connectivity index (χ1n) is 6.05. The summed E-state index contributed by atoms with van der Waals surface area (Å²) in [5.41, 5.74) is 8.91. The van der Waals surface area contributed by atoms with Crippen LogP contribution in [0.1, 0.15) is 11.1 Å². The van der Waals surface area contributed by atoms with Crippen LogP contribution in [0.5, 0.6) is 0 Å². The van der Waals surface area contributed by atoms with Crippen molar-refractivity contribution in [3.63, 3.8) is 0 Å². The van der Waals surface area contributed by atoms with E-state index in [9.17, 15) is 4.79 Å². The highest BCUT2D eigenvalue weighted by atomic mass is 16.4. The molecule has 0 aliphatic carbocycles. The molecule has 0 atom stereocenters. The number of anilines is 1. The van der Waals surface area contributed by atoms with Gasteiger partial charge in [0, 0.05) is 11.8 Å². The van der Waals surface area contributed by atoms with Crippen LogP contribution in [0.15, 0.2) is 51.7 Å². The van der Waals surface area contributed by atoms with E-state index in [1.165, 1.54) is 4.57 Å².